The number of carbonyl (C=O) groups excluding carboxylic acids is 1. The van der Waals surface area contributed by atoms with Crippen LogP contribution in [0, 0.1) is 12.8 Å². The number of aromatic amines is 1. The Kier molecular flexibility index (Phi) is 4.32. The van der Waals surface area contributed by atoms with Crippen LogP contribution in [0.15, 0.2) is 42.1 Å². The van der Waals surface area contributed by atoms with Crippen molar-refractivity contribution in [2.45, 2.75) is 19.8 Å². The maximum atomic E-state index is 13.7. The van der Waals surface area contributed by atoms with Gasteiger partial charge in [0.25, 0.3) is 5.91 Å². The molecule has 7 nitrogen and oxygen atoms in total. The Bertz CT molecular complexity index is 1120. The largest absolute Gasteiger partial charge is 0.508 e. The van der Waals surface area contributed by atoms with Gasteiger partial charge in [0, 0.05) is 42.5 Å². The Morgan fingerprint density at radius 2 is 2.10 bits per heavy atom. The molecule has 0 spiro atoms. The van der Waals surface area contributed by atoms with Crippen LogP contribution in [0.3, 0.4) is 0 Å². The second kappa shape index (κ2) is 7.00. The molecule has 0 radical (unpaired) electrons. The molecule has 5 rings (SSSR count). The number of nitrogens with one attached hydrogen (secondary N) is 2. The number of nitrogens with zero attached hydrogens (tertiary/aromatic N) is 3. The van der Waals surface area contributed by atoms with Crippen LogP contribution in [0.2, 0.25) is 0 Å². The number of benzene rings is 1. The summed E-state index contributed by atoms with van der Waals surface area (Å²) in [7, 11) is 0. The lowest BCUT2D eigenvalue weighted by Crippen LogP contribution is -2.44. The van der Waals surface area contributed by atoms with Gasteiger partial charge in [-0.2, -0.15) is 5.10 Å². The minimum Gasteiger partial charge on any atom is -0.508 e. The highest BCUT2D eigenvalue weighted by atomic mass is 16.3. The molecule has 4 heterocycles. The second-order valence-electron chi connectivity index (χ2n) is 7.73. The van der Waals surface area contributed by atoms with Gasteiger partial charge in [0.1, 0.15) is 5.75 Å². The molecule has 1 atom stereocenters. The predicted octanol–water partition coefficient (Wildman–Crippen LogP) is 2.98. The van der Waals surface area contributed by atoms with Gasteiger partial charge in [0.2, 0.25) is 0 Å². The molecule has 2 aromatic heterocycles. The maximum Gasteiger partial charge on any atom is 0.258 e. The van der Waals surface area contributed by atoms with E-state index >= 15 is 0 Å². The molecule has 29 heavy (non-hydrogen) atoms. The number of hydrogen-bond acceptors (Lipinski definition) is 5. The lowest BCUT2D eigenvalue weighted by atomic mass is 9.90. The zero-order valence-electron chi connectivity index (χ0n) is 16.3. The van der Waals surface area contributed by atoms with E-state index in [-0.39, 0.29) is 11.7 Å². The van der Waals surface area contributed by atoms with Gasteiger partial charge in [0.05, 0.1) is 16.6 Å². The van der Waals surface area contributed by atoms with Crippen molar-refractivity contribution in [3.05, 3.63) is 53.4 Å². The average Bonchev–Trinajstić information content (AvgIpc) is 3.13. The number of amides is 1. The fourth-order valence-corrected chi connectivity index (χ4v) is 4.40. The summed E-state index contributed by atoms with van der Waals surface area (Å²) in [5.74, 6) is 0.583. The summed E-state index contributed by atoms with van der Waals surface area (Å²) in [4.78, 5) is 20.3. The van der Waals surface area contributed by atoms with E-state index in [0.29, 0.717) is 22.8 Å². The molecular weight excluding hydrogens is 366 g/mol. The van der Waals surface area contributed by atoms with Crippen LogP contribution in [0.5, 0.6) is 5.75 Å². The van der Waals surface area contributed by atoms with E-state index in [0.717, 1.165) is 54.8 Å². The Balaban J connectivity index is 1.63. The van der Waals surface area contributed by atoms with Crippen LogP contribution in [-0.2, 0) is 0 Å². The minimum atomic E-state index is -0.000205. The first-order chi connectivity index (χ1) is 14.1. The Morgan fingerprint density at radius 3 is 2.93 bits per heavy atom. The standard InChI is InChI=1S/C22H23N5O2/c1-13-20-17(22(29)27-10-2-3-15-12-23-9-8-19(15)27)11-18(24-21(20)26-25-13)14-4-6-16(28)7-5-14/h4-8,11,15,23,28H,2-3,9-10,12H2,1H3,(H,24,25,26). The molecule has 1 fully saturated rings. The number of phenols is 1. The maximum absolute atomic E-state index is 13.7. The third-order valence-corrected chi connectivity index (χ3v) is 5.85. The third-order valence-electron chi connectivity index (χ3n) is 5.85. The average molecular weight is 389 g/mol. The van der Waals surface area contributed by atoms with Crippen LogP contribution in [0.1, 0.15) is 28.9 Å². The zero-order valence-corrected chi connectivity index (χ0v) is 16.3. The molecular formula is C22H23N5O2. The molecule has 148 valence electrons. The fourth-order valence-electron chi connectivity index (χ4n) is 4.40. The van der Waals surface area contributed by atoms with Crippen LogP contribution >= 0.6 is 0 Å². The summed E-state index contributed by atoms with van der Waals surface area (Å²) in [5.41, 5.74) is 4.61. The smallest absolute Gasteiger partial charge is 0.258 e. The summed E-state index contributed by atoms with van der Waals surface area (Å²) >= 11 is 0. The number of carbonyl (C=O) groups is 1. The van der Waals surface area contributed by atoms with Gasteiger partial charge >= 0.3 is 0 Å². The van der Waals surface area contributed by atoms with Crippen molar-refractivity contribution in [2.24, 2.45) is 5.92 Å². The van der Waals surface area contributed by atoms with Gasteiger partial charge in [-0.1, -0.05) is 6.08 Å². The molecule has 1 saturated heterocycles. The SMILES string of the molecule is Cc1[nH]nc2nc(-c3ccc(O)cc3)cc(C(=O)N3CCCC4CNCC=C43)c12. The van der Waals surface area contributed by atoms with Crippen LogP contribution in [0.4, 0.5) is 0 Å². The Labute approximate surface area is 168 Å². The lowest BCUT2D eigenvalue weighted by molar-refractivity contribution is 0.0754. The first-order valence-electron chi connectivity index (χ1n) is 9.99. The monoisotopic (exact) mass is 389 g/mol. The number of rotatable bonds is 2. The van der Waals surface area contributed by atoms with Crippen molar-refractivity contribution in [3.8, 4) is 17.0 Å². The van der Waals surface area contributed by atoms with Crippen molar-refractivity contribution in [2.75, 3.05) is 19.6 Å². The van der Waals surface area contributed by atoms with E-state index in [1.807, 2.05) is 17.9 Å². The van der Waals surface area contributed by atoms with E-state index < -0.39 is 0 Å². The number of hydrogen-bond donors (Lipinski definition) is 3. The first kappa shape index (κ1) is 17.9. The molecule has 2 aliphatic heterocycles. The quantitative estimate of drug-likeness (QED) is 0.626. The highest BCUT2D eigenvalue weighted by Gasteiger charge is 2.32. The lowest BCUT2D eigenvalue weighted by Gasteiger charge is -2.38. The topological polar surface area (TPSA) is 94.1 Å². The van der Waals surface area contributed by atoms with E-state index in [4.69, 9.17) is 0 Å². The summed E-state index contributed by atoms with van der Waals surface area (Å²) in [6, 6.07) is 8.68. The molecule has 0 bridgehead atoms. The molecule has 1 amide bonds. The highest BCUT2D eigenvalue weighted by molar-refractivity contribution is 6.08. The third kappa shape index (κ3) is 3.07. The van der Waals surface area contributed by atoms with Crippen LogP contribution in [0.25, 0.3) is 22.3 Å². The van der Waals surface area contributed by atoms with Crippen molar-refractivity contribution < 1.29 is 9.90 Å². The van der Waals surface area contributed by atoms with Gasteiger partial charge in [-0.05, 0) is 50.1 Å². The van der Waals surface area contributed by atoms with Gasteiger partial charge in [-0.15, -0.1) is 0 Å². The highest BCUT2D eigenvalue weighted by Crippen LogP contribution is 2.33. The van der Waals surface area contributed by atoms with Gasteiger partial charge in [-0.25, -0.2) is 4.98 Å². The normalized spacial score (nSPS) is 19.1. The van der Waals surface area contributed by atoms with Gasteiger partial charge in [-0.3, -0.25) is 9.89 Å². The Morgan fingerprint density at radius 1 is 1.28 bits per heavy atom. The summed E-state index contributed by atoms with van der Waals surface area (Å²) in [6.07, 6.45) is 4.25. The molecule has 3 aromatic rings. The second-order valence-corrected chi connectivity index (χ2v) is 7.73. The van der Waals surface area contributed by atoms with Gasteiger partial charge < -0.3 is 15.3 Å². The summed E-state index contributed by atoms with van der Waals surface area (Å²) in [6.45, 7) is 4.36. The van der Waals surface area contributed by atoms with Crippen molar-refractivity contribution >= 4 is 16.9 Å². The fraction of sp³-hybridized carbons (Fsp3) is 0.318. The van der Waals surface area contributed by atoms with E-state index in [2.05, 4.69) is 26.6 Å². The minimum absolute atomic E-state index is 0.000205. The summed E-state index contributed by atoms with van der Waals surface area (Å²) < 4.78 is 0. The number of fused-ring (bicyclic) bond motifs is 2. The molecule has 0 aliphatic carbocycles. The van der Waals surface area contributed by atoms with Crippen LogP contribution < -0.4 is 5.32 Å². The molecule has 1 unspecified atom stereocenters. The molecule has 3 N–H and O–H groups in total. The van der Waals surface area contributed by atoms with E-state index in [1.165, 1.54) is 0 Å². The van der Waals surface area contributed by atoms with E-state index in [1.54, 1.807) is 24.3 Å². The Hall–Kier alpha value is -3.19. The van der Waals surface area contributed by atoms with Crippen molar-refractivity contribution in [1.82, 2.24) is 25.4 Å². The number of pyridine rings is 1. The predicted molar refractivity (Wildman–Crippen MR) is 110 cm³/mol. The number of piperidine rings is 1. The number of aromatic nitrogens is 3. The number of H-pyrrole nitrogens is 1. The van der Waals surface area contributed by atoms with E-state index in [9.17, 15) is 9.90 Å². The number of phenolic OH excluding ortho intramolecular Hbond substituents is 1. The summed E-state index contributed by atoms with van der Waals surface area (Å²) in [5, 5.41) is 21.0. The molecule has 1 aromatic carbocycles. The molecule has 0 saturated carbocycles. The van der Waals surface area contributed by atoms with Crippen molar-refractivity contribution in [1.29, 1.82) is 0 Å². The number of aromatic hydroxyl groups is 1. The van der Waals surface area contributed by atoms with Crippen LogP contribution in [-0.4, -0.2) is 50.7 Å². The zero-order chi connectivity index (χ0) is 20.0. The number of likely N-dealkylation sites (tertiary alicyclic amines) is 1. The number of aryl methyl sites for hydroxylation is 1. The van der Waals surface area contributed by atoms with Crippen molar-refractivity contribution in [3.63, 3.8) is 0 Å². The van der Waals surface area contributed by atoms with Gasteiger partial charge in [0.15, 0.2) is 5.65 Å². The first-order valence-corrected chi connectivity index (χ1v) is 9.99. The molecule has 2 aliphatic rings. The molecule has 7 heteroatoms.